The van der Waals surface area contributed by atoms with E-state index in [1.165, 1.54) is 38.5 Å². The summed E-state index contributed by atoms with van der Waals surface area (Å²) in [5.74, 6) is 0.638. The molecule has 1 saturated carbocycles. The number of para-hydroxylation sites is 1. The number of amides is 1. The van der Waals surface area contributed by atoms with Crippen LogP contribution in [0.4, 0.5) is 0 Å². The molecular weight excluding hydrogens is 276 g/mol. The zero-order valence-electron chi connectivity index (χ0n) is 12.5. The number of aromatic amines is 1. The number of hydrogen-bond donors (Lipinski definition) is 2. The summed E-state index contributed by atoms with van der Waals surface area (Å²) in [6.07, 6.45) is 7.56. The van der Waals surface area contributed by atoms with Crippen LogP contribution in [0.2, 0.25) is 0 Å². The molecule has 3 heterocycles. The normalized spacial score (nSPS) is 31.2. The molecule has 3 N–H and O–H groups in total. The largest absolute Gasteiger partial charge is 0.366 e. The van der Waals surface area contributed by atoms with Gasteiger partial charge in [-0.05, 0) is 50.7 Å². The zero-order valence-corrected chi connectivity index (χ0v) is 12.5. The minimum atomic E-state index is -0.407. The number of carbonyl (C=O) groups is 1. The molecule has 3 aliphatic rings. The van der Waals surface area contributed by atoms with Crippen LogP contribution >= 0.6 is 0 Å². The fourth-order valence-corrected chi connectivity index (χ4v) is 4.78. The Morgan fingerprint density at radius 2 is 1.95 bits per heavy atom. The van der Waals surface area contributed by atoms with Gasteiger partial charge in [-0.1, -0.05) is 6.07 Å². The van der Waals surface area contributed by atoms with Crippen molar-refractivity contribution in [3.63, 3.8) is 0 Å². The minimum Gasteiger partial charge on any atom is -0.366 e. The van der Waals surface area contributed by atoms with Crippen molar-refractivity contribution in [2.45, 2.75) is 56.1 Å². The van der Waals surface area contributed by atoms with Gasteiger partial charge in [-0.15, -0.1) is 0 Å². The Balaban J connectivity index is 1.67. The van der Waals surface area contributed by atoms with Gasteiger partial charge in [0.25, 0.3) is 5.91 Å². The maximum Gasteiger partial charge on any atom is 0.250 e. The third kappa shape index (κ3) is 1.52. The summed E-state index contributed by atoms with van der Waals surface area (Å²) in [4.78, 5) is 22.7. The predicted molar refractivity (Wildman–Crippen MR) is 83.4 cm³/mol. The first-order valence-corrected chi connectivity index (χ1v) is 8.26. The molecule has 3 fully saturated rings. The van der Waals surface area contributed by atoms with E-state index in [0.29, 0.717) is 5.56 Å². The van der Waals surface area contributed by atoms with Crippen LogP contribution in [-0.2, 0) is 5.54 Å². The second-order valence-electron chi connectivity index (χ2n) is 7.05. The molecular formula is C17H20N4O. The van der Waals surface area contributed by atoms with Crippen LogP contribution in [0.25, 0.3) is 11.0 Å². The molecule has 114 valence electrons. The number of hydrogen-bond acceptors (Lipinski definition) is 3. The van der Waals surface area contributed by atoms with Crippen molar-refractivity contribution in [1.29, 1.82) is 0 Å². The van der Waals surface area contributed by atoms with E-state index in [0.717, 1.165) is 28.9 Å². The molecule has 0 spiro atoms. The van der Waals surface area contributed by atoms with Crippen molar-refractivity contribution in [1.82, 2.24) is 14.9 Å². The maximum absolute atomic E-state index is 11.6. The van der Waals surface area contributed by atoms with Crippen molar-refractivity contribution >= 4 is 16.9 Å². The van der Waals surface area contributed by atoms with Gasteiger partial charge in [0.15, 0.2) is 0 Å². The summed E-state index contributed by atoms with van der Waals surface area (Å²) in [6, 6.07) is 7.09. The lowest BCUT2D eigenvalue weighted by Gasteiger charge is -2.33. The Labute approximate surface area is 128 Å². The van der Waals surface area contributed by atoms with Crippen molar-refractivity contribution in [2.75, 3.05) is 0 Å². The predicted octanol–water partition coefficient (Wildman–Crippen LogP) is 2.28. The summed E-state index contributed by atoms with van der Waals surface area (Å²) < 4.78 is 0. The standard InChI is InChI=1S/C17H20N4O/c18-15(22)12-2-1-3-13-14(12)20-16(19-13)17-8-6-11(7-9-17)21(17)10-4-5-10/h1-3,10-11H,4-9H2,(H2,18,22)(H,19,20). The van der Waals surface area contributed by atoms with Gasteiger partial charge in [-0.3, -0.25) is 9.69 Å². The number of fused-ring (bicyclic) bond motifs is 3. The van der Waals surface area contributed by atoms with Gasteiger partial charge in [0, 0.05) is 12.1 Å². The number of nitrogens with one attached hydrogen (secondary N) is 1. The lowest BCUT2D eigenvalue weighted by molar-refractivity contribution is 0.100. The number of primary amides is 1. The summed E-state index contributed by atoms with van der Waals surface area (Å²) in [5, 5.41) is 0. The molecule has 1 aliphatic carbocycles. The number of aromatic nitrogens is 2. The van der Waals surface area contributed by atoms with Gasteiger partial charge in [-0.2, -0.15) is 0 Å². The molecule has 2 aromatic rings. The Morgan fingerprint density at radius 3 is 2.64 bits per heavy atom. The first-order chi connectivity index (χ1) is 10.7. The quantitative estimate of drug-likeness (QED) is 0.912. The lowest BCUT2D eigenvalue weighted by atomic mass is 9.87. The summed E-state index contributed by atoms with van der Waals surface area (Å²) in [7, 11) is 0. The van der Waals surface area contributed by atoms with E-state index in [2.05, 4.69) is 9.88 Å². The van der Waals surface area contributed by atoms with Crippen molar-refractivity contribution in [3.05, 3.63) is 29.6 Å². The fraction of sp³-hybridized carbons (Fsp3) is 0.529. The summed E-state index contributed by atoms with van der Waals surface area (Å²) >= 11 is 0. The summed E-state index contributed by atoms with van der Waals surface area (Å²) in [6.45, 7) is 0. The van der Waals surface area contributed by atoms with Gasteiger partial charge in [0.1, 0.15) is 11.3 Å². The highest BCUT2D eigenvalue weighted by molar-refractivity contribution is 6.04. The molecule has 1 aromatic heterocycles. The molecule has 5 nitrogen and oxygen atoms in total. The van der Waals surface area contributed by atoms with Gasteiger partial charge < -0.3 is 10.7 Å². The van der Waals surface area contributed by atoms with Crippen LogP contribution in [0.1, 0.15) is 54.7 Å². The Kier molecular flexibility index (Phi) is 2.36. The fourth-order valence-electron chi connectivity index (χ4n) is 4.78. The molecule has 0 unspecified atom stereocenters. The van der Waals surface area contributed by atoms with Crippen LogP contribution in [0.3, 0.4) is 0 Å². The van der Waals surface area contributed by atoms with Crippen LogP contribution in [0.5, 0.6) is 0 Å². The lowest BCUT2D eigenvalue weighted by Crippen LogP contribution is -2.41. The average Bonchev–Trinajstić information content (AvgIpc) is 3.01. The molecule has 0 atom stereocenters. The molecule has 1 amide bonds. The van der Waals surface area contributed by atoms with E-state index in [1.54, 1.807) is 6.07 Å². The second kappa shape index (κ2) is 4.10. The van der Waals surface area contributed by atoms with Crippen molar-refractivity contribution in [2.24, 2.45) is 5.73 Å². The number of rotatable bonds is 3. The average molecular weight is 296 g/mol. The Bertz CT molecular complexity index is 768. The first-order valence-electron chi connectivity index (χ1n) is 8.26. The van der Waals surface area contributed by atoms with Crippen LogP contribution in [0.15, 0.2) is 18.2 Å². The monoisotopic (exact) mass is 296 g/mol. The van der Waals surface area contributed by atoms with E-state index in [4.69, 9.17) is 10.7 Å². The number of nitrogens with zero attached hydrogens (tertiary/aromatic N) is 2. The number of H-pyrrole nitrogens is 1. The van der Waals surface area contributed by atoms with E-state index in [9.17, 15) is 4.79 Å². The van der Waals surface area contributed by atoms with E-state index in [1.807, 2.05) is 12.1 Å². The topological polar surface area (TPSA) is 75.0 Å². The number of imidazole rings is 1. The highest BCUT2D eigenvalue weighted by atomic mass is 16.1. The summed E-state index contributed by atoms with van der Waals surface area (Å²) in [5.41, 5.74) is 7.73. The smallest absolute Gasteiger partial charge is 0.250 e. The molecule has 0 radical (unpaired) electrons. The van der Waals surface area contributed by atoms with E-state index in [-0.39, 0.29) is 5.54 Å². The number of benzene rings is 1. The van der Waals surface area contributed by atoms with Gasteiger partial charge >= 0.3 is 0 Å². The minimum absolute atomic E-state index is 0.0692. The molecule has 2 saturated heterocycles. The third-order valence-corrected chi connectivity index (χ3v) is 5.83. The molecule has 2 bridgehead atoms. The maximum atomic E-state index is 11.6. The van der Waals surface area contributed by atoms with Gasteiger partial charge in [0.05, 0.1) is 16.6 Å². The highest BCUT2D eigenvalue weighted by Crippen LogP contribution is 2.56. The van der Waals surface area contributed by atoms with Crippen LogP contribution in [0, 0.1) is 0 Å². The first kappa shape index (κ1) is 12.6. The molecule has 5 heteroatoms. The zero-order chi connectivity index (χ0) is 14.9. The SMILES string of the molecule is NC(=O)c1cccc2[nH]c(C34CCC(CC3)N4C3CC3)nc12. The second-order valence-corrected chi connectivity index (χ2v) is 7.05. The molecule has 5 rings (SSSR count). The van der Waals surface area contributed by atoms with Crippen LogP contribution in [-0.4, -0.2) is 32.9 Å². The Morgan fingerprint density at radius 1 is 1.23 bits per heavy atom. The van der Waals surface area contributed by atoms with Gasteiger partial charge in [0.2, 0.25) is 0 Å². The van der Waals surface area contributed by atoms with Crippen molar-refractivity contribution in [3.8, 4) is 0 Å². The molecule has 2 aliphatic heterocycles. The highest BCUT2D eigenvalue weighted by Gasteiger charge is 2.58. The van der Waals surface area contributed by atoms with E-state index >= 15 is 0 Å². The number of carbonyl (C=O) groups excluding carboxylic acids is 1. The van der Waals surface area contributed by atoms with Gasteiger partial charge in [-0.25, -0.2) is 4.98 Å². The number of nitrogens with two attached hydrogens (primary N) is 1. The Hall–Kier alpha value is -1.88. The third-order valence-electron chi connectivity index (χ3n) is 5.83. The molecule has 22 heavy (non-hydrogen) atoms. The van der Waals surface area contributed by atoms with Crippen LogP contribution < -0.4 is 5.73 Å². The van der Waals surface area contributed by atoms with E-state index < -0.39 is 5.91 Å². The molecule has 1 aromatic carbocycles. The van der Waals surface area contributed by atoms with Crippen molar-refractivity contribution < 1.29 is 4.79 Å².